The predicted octanol–water partition coefficient (Wildman–Crippen LogP) is 5.83. The van der Waals surface area contributed by atoms with Crippen molar-refractivity contribution >= 4 is 11.6 Å². The maximum absolute atomic E-state index is 13.0. The average Bonchev–Trinajstić information content (AvgIpc) is 2.78. The quantitative estimate of drug-likeness (QED) is 0.320. The Labute approximate surface area is 208 Å². The lowest BCUT2D eigenvalue weighted by molar-refractivity contribution is 0.181. The summed E-state index contributed by atoms with van der Waals surface area (Å²) in [5.74, 6) is 1.94. The Morgan fingerprint density at radius 1 is 1.18 bits per heavy atom. The molecule has 1 aromatic carbocycles. The zero-order valence-corrected chi connectivity index (χ0v) is 21.7. The van der Waals surface area contributed by atoms with Crippen molar-refractivity contribution in [3.8, 4) is 11.5 Å². The topological polar surface area (TPSA) is 60.7 Å². The molecule has 1 aliphatic rings. The number of benzene rings is 1. The number of allylic oxidation sites excluding steroid dienone is 2. The summed E-state index contributed by atoms with van der Waals surface area (Å²) < 4.78 is 13.8. The molecule has 1 aromatic heterocycles. The molecule has 1 aliphatic carbocycles. The molecule has 0 saturated heterocycles. The predicted molar refractivity (Wildman–Crippen MR) is 138 cm³/mol. The molecule has 186 valence electrons. The van der Waals surface area contributed by atoms with Crippen molar-refractivity contribution in [1.82, 2.24) is 4.57 Å². The molecule has 1 atom stereocenters. The number of aliphatic hydroxyl groups excluding tert-OH is 1. The van der Waals surface area contributed by atoms with Crippen molar-refractivity contribution in [1.29, 1.82) is 0 Å². The summed E-state index contributed by atoms with van der Waals surface area (Å²) in [5.41, 5.74) is 3.54. The summed E-state index contributed by atoms with van der Waals surface area (Å²) in [5, 5.41) is 10.0. The van der Waals surface area contributed by atoms with Gasteiger partial charge in [-0.15, -0.1) is 0 Å². The summed E-state index contributed by atoms with van der Waals surface area (Å²) in [6, 6.07) is 8.93. The standard InChI is InChI=1S/C28H38ClNO4/c1-20(2)7-8-21-17-24-25(19-28(21,3)4)30(13-5-14-31)27(32)18-26(24)34-16-6-15-33-23-11-9-22(29)10-12-23/h7,9-12,18,21,31H,5-6,8,13-17,19H2,1-4H3. The summed E-state index contributed by atoms with van der Waals surface area (Å²) in [6.07, 6.45) is 6.30. The fourth-order valence-corrected chi connectivity index (χ4v) is 4.71. The van der Waals surface area contributed by atoms with Crippen LogP contribution in [0.15, 0.2) is 46.8 Å². The van der Waals surface area contributed by atoms with E-state index in [2.05, 4.69) is 33.8 Å². The van der Waals surface area contributed by atoms with E-state index in [1.807, 2.05) is 16.7 Å². The van der Waals surface area contributed by atoms with Gasteiger partial charge in [0.25, 0.3) is 5.56 Å². The number of aromatic nitrogens is 1. The summed E-state index contributed by atoms with van der Waals surface area (Å²) in [6.45, 7) is 10.5. The number of fused-ring (bicyclic) bond motifs is 1. The fourth-order valence-electron chi connectivity index (χ4n) is 4.58. The van der Waals surface area contributed by atoms with E-state index in [1.165, 1.54) is 5.57 Å². The monoisotopic (exact) mass is 487 g/mol. The van der Waals surface area contributed by atoms with Crippen LogP contribution in [0.1, 0.15) is 58.2 Å². The summed E-state index contributed by atoms with van der Waals surface area (Å²) in [7, 11) is 0. The van der Waals surface area contributed by atoms with Gasteiger partial charge in [0.2, 0.25) is 0 Å². The highest BCUT2D eigenvalue weighted by atomic mass is 35.5. The van der Waals surface area contributed by atoms with E-state index in [-0.39, 0.29) is 17.6 Å². The Hall–Kier alpha value is -2.24. The van der Waals surface area contributed by atoms with E-state index in [0.29, 0.717) is 49.3 Å². The van der Waals surface area contributed by atoms with Gasteiger partial charge in [-0.25, -0.2) is 0 Å². The molecule has 34 heavy (non-hydrogen) atoms. The number of hydrogen-bond donors (Lipinski definition) is 1. The lowest BCUT2D eigenvalue weighted by Gasteiger charge is -2.41. The normalized spacial score (nSPS) is 16.6. The molecule has 6 heteroatoms. The van der Waals surface area contributed by atoms with Crippen molar-refractivity contribution in [3.05, 3.63) is 68.6 Å². The van der Waals surface area contributed by atoms with Gasteiger partial charge in [0, 0.05) is 41.9 Å². The van der Waals surface area contributed by atoms with Crippen LogP contribution in [0.2, 0.25) is 5.02 Å². The number of pyridine rings is 1. The molecule has 3 rings (SSSR count). The molecule has 0 spiro atoms. The number of ether oxygens (including phenoxy) is 2. The van der Waals surface area contributed by atoms with E-state index in [9.17, 15) is 9.90 Å². The van der Waals surface area contributed by atoms with Crippen LogP contribution in [0.25, 0.3) is 0 Å². The Bertz CT molecular complexity index is 1040. The molecule has 0 radical (unpaired) electrons. The van der Waals surface area contributed by atoms with Gasteiger partial charge in [-0.2, -0.15) is 0 Å². The van der Waals surface area contributed by atoms with Gasteiger partial charge < -0.3 is 19.1 Å². The van der Waals surface area contributed by atoms with Gasteiger partial charge in [-0.3, -0.25) is 4.79 Å². The Morgan fingerprint density at radius 2 is 1.88 bits per heavy atom. The first kappa shape index (κ1) is 26.4. The molecule has 0 amide bonds. The van der Waals surface area contributed by atoms with Gasteiger partial charge in [0.05, 0.1) is 13.2 Å². The zero-order chi connectivity index (χ0) is 24.7. The fraction of sp³-hybridized carbons (Fsp3) is 0.536. The minimum atomic E-state index is -0.0573. The van der Waals surface area contributed by atoms with Gasteiger partial charge in [-0.1, -0.05) is 37.1 Å². The maximum atomic E-state index is 13.0. The van der Waals surface area contributed by atoms with Crippen molar-refractivity contribution in [2.24, 2.45) is 11.3 Å². The summed E-state index contributed by atoms with van der Waals surface area (Å²) >= 11 is 5.92. The lowest BCUT2D eigenvalue weighted by atomic mass is 9.66. The van der Waals surface area contributed by atoms with Gasteiger partial charge in [0.1, 0.15) is 11.5 Å². The highest BCUT2D eigenvalue weighted by molar-refractivity contribution is 6.30. The Kier molecular flexibility index (Phi) is 9.26. The van der Waals surface area contributed by atoms with Gasteiger partial charge >= 0.3 is 0 Å². The second-order valence-electron chi connectivity index (χ2n) is 10.1. The van der Waals surface area contributed by atoms with E-state index in [4.69, 9.17) is 21.1 Å². The molecule has 0 bridgehead atoms. The van der Waals surface area contributed by atoms with Crippen LogP contribution in [0.3, 0.4) is 0 Å². The molecule has 5 nitrogen and oxygen atoms in total. The molecule has 1 N–H and O–H groups in total. The molecule has 0 saturated carbocycles. The second kappa shape index (κ2) is 11.9. The second-order valence-corrected chi connectivity index (χ2v) is 10.5. The van der Waals surface area contributed by atoms with Crippen LogP contribution in [0, 0.1) is 11.3 Å². The third-order valence-electron chi connectivity index (χ3n) is 6.65. The number of aliphatic hydroxyl groups is 1. The first-order valence-electron chi connectivity index (χ1n) is 12.2. The van der Waals surface area contributed by atoms with Crippen LogP contribution in [0.4, 0.5) is 0 Å². The smallest absolute Gasteiger partial charge is 0.254 e. The number of rotatable bonds is 11. The van der Waals surface area contributed by atoms with Crippen LogP contribution in [-0.4, -0.2) is 29.5 Å². The van der Waals surface area contributed by atoms with Crippen LogP contribution >= 0.6 is 11.6 Å². The lowest BCUT2D eigenvalue weighted by Crippen LogP contribution is -2.38. The van der Waals surface area contributed by atoms with Gasteiger partial charge in [0.15, 0.2) is 0 Å². The minimum Gasteiger partial charge on any atom is -0.493 e. The van der Waals surface area contributed by atoms with Crippen molar-refractivity contribution in [2.45, 2.75) is 66.3 Å². The average molecular weight is 488 g/mol. The third kappa shape index (κ3) is 6.89. The first-order chi connectivity index (χ1) is 16.2. The van der Waals surface area contributed by atoms with E-state index in [1.54, 1.807) is 18.2 Å². The largest absolute Gasteiger partial charge is 0.493 e. The highest BCUT2D eigenvalue weighted by Crippen LogP contribution is 2.44. The zero-order valence-electron chi connectivity index (χ0n) is 20.9. The number of halogens is 1. The molecule has 2 aromatic rings. The molecule has 1 unspecified atom stereocenters. The molecule has 1 heterocycles. The number of nitrogens with zero attached hydrogens (tertiary/aromatic N) is 1. The Balaban J connectivity index is 1.76. The first-order valence-corrected chi connectivity index (χ1v) is 12.6. The Morgan fingerprint density at radius 3 is 2.56 bits per heavy atom. The highest BCUT2D eigenvalue weighted by Gasteiger charge is 2.37. The van der Waals surface area contributed by atoms with E-state index in [0.717, 1.165) is 36.3 Å². The van der Waals surface area contributed by atoms with Crippen molar-refractivity contribution in [3.63, 3.8) is 0 Å². The van der Waals surface area contributed by atoms with Crippen LogP contribution < -0.4 is 15.0 Å². The molecule has 0 fully saturated rings. The molecule has 0 aliphatic heterocycles. The SMILES string of the molecule is CC(C)=CCC1Cc2c(OCCCOc3ccc(Cl)cc3)cc(=O)n(CCCO)c2CC1(C)C. The molecular formula is C28H38ClNO4. The maximum Gasteiger partial charge on any atom is 0.254 e. The third-order valence-corrected chi connectivity index (χ3v) is 6.90. The van der Waals surface area contributed by atoms with Crippen molar-refractivity contribution < 1.29 is 14.6 Å². The van der Waals surface area contributed by atoms with Crippen LogP contribution in [-0.2, 0) is 19.4 Å². The van der Waals surface area contributed by atoms with E-state index >= 15 is 0 Å². The minimum absolute atomic E-state index is 0.0573. The molecular weight excluding hydrogens is 450 g/mol. The summed E-state index contributed by atoms with van der Waals surface area (Å²) in [4.78, 5) is 13.0. The van der Waals surface area contributed by atoms with Gasteiger partial charge in [-0.05, 0) is 75.1 Å². The van der Waals surface area contributed by atoms with Crippen molar-refractivity contribution in [2.75, 3.05) is 19.8 Å². The van der Waals surface area contributed by atoms with Crippen LogP contribution in [0.5, 0.6) is 11.5 Å². The number of hydrogen-bond acceptors (Lipinski definition) is 4. The van der Waals surface area contributed by atoms with E-state index < -0.39 is 0 Å².